The molecule has 1 aliphatic heterocycles. The summed E-state index contributed by atoms with van der Waals surface area (Å²) in [7, 11) is -2.14. The van der Waals surface area contributed by atoms with E-state index in [9.17, 15) is 13.5 Å². The van der Waals surface area contributed by atoms with Gasteiger partial charge in [-0.1, -0.05) is 0 Å². The molecule has 2 heterocycles. The Morgan fingerprint density at radius 1 is 1.65 bits per heavy atom. The van der Waals surface area contributed by atoms with Gasteiger partial charge in [-0.3, -0.25) is 0 Å². The van der Waals surface area contributed by atoms with Crippen molar-refractivity contribution in [2.24, 2.45) is 0 Å². The van der Waals surface area contributed by atoms with Crippen molar-refractivity contribution < 1.29 is 22.7 Å². The highest BCUT2D eigenvalue weighted by Gasteiger charge is 2.41. The molecule has 0 unspecified atom stereocenters. The van der Waals surface area contributed by atoms with E-state index >= 15 is 0 Å². The second-order valence-corrected chi connectivity index (χ2v) is 5.76. The lowest BCUT2D eigenvalue weighted by Gasteiger charge is -2.20. The molecule has 6 nitrogen and oxygen atoms in total. The number of methoxy groups -OCH3 is 1. The van der Waals surface area contributed by atoms with E-state index in [1.807, 2.05) is 0 Å². The van der Waals surface area contributed by atoms with Crippen LogP contribution < -0.4 is 0 Å². The Morgan fingerprint density at radius 2 is 2.41 bits per heavy atom. The van der Waals surface area contributed by atoms with Crippen molar-refractivity contribution >= 4 is 10.0 Å². The molecule has 0 radical (unpaired) electrons. The molecule has 0 saturated carbocycles. The first kappa shape index (κ1) is 12.6. The summed E-state index contributed by atoms with van der Waals surface area (Å²) in [5, 5.41) is 9.11. The van der Waals surface area contributed by atoms with Gasteiger partial charge in [0.2, 0.25) is 5.09 Å². The van der Waals surface area contributed by atoms with E-state index in [0.29, 0.717) is 6.42 Å². The molecular weight excluding hydrogens is 246 g/mol. The molecule has 1 aromatic rings. The van der Waals surface area contributed by atoms with Gasteiger partial charge in [-0.15, -0.1) is 0 Å². The Labute approximate surface area is 99.8 Å². The van der Waals surface area contributed by atoms with Gasteiger partial charge in [0.15, 0.2) is 0 Å². The summed E-state index contributed by atoms with van der Waals surface area (Å²) in [5.74, 6) is 0. The van der Waals surface area contributed by atoms with Crippen molar-refractivity contribution in [3.05, 3.63) is 18.4 Å². The van der Waals surface area contributed by atoms with Crippen molar-refractivity contribution in [3.8, 4) is 0 Å². The molecule has 2 atom stereocenters. The van der Waals surface area contributed by atoms with Crippen LogP contribution in [-0.4, -0.2) is 50.2 Å². The number of sulfonamides is 1. The van der Waals surface area contributed by atoms with E-state index in [1.54, 1.807) is 0 Å². The highest BCUT2D eigenvalue weighted by atomic mass is 32.2. The van der Waals surface area contributed by atoms with Gasteiger partial charge in [0.05, 0.1) is 25.0 Å². The fraction of sp³-hybridized carbons (Fsp3) is 0.600. The molecule has 0 bridgehead atoms. The molecular formula is C10H15NO5S. The maximum Gasteiger partial charge on any atom is 0.276 e. The fourth-order valence-electron chi connectivity index (χ4n) is 2.00. The van der Waals surface area contributed by atoms with Crippen LogP contribution in [0.1, 0.15) is 6.42 Å². The third-order valence-electron chi connectivity index (χ3n) is 2.93. The molecule has 0 aromatic carbocycles. The quantitative estimate of drug-likeness (QED) is 0.828. The molecule has 0 spiro atoms. The standard InChI is InChI=1S/C10H15NO5S/c1-15-9-5-8(7-12)11(6-9)17(13,14)10-3-2-4-16-10/h2-4,8-9,12H,5-7H2,1H3/t8-,9-/m0/s1. The molecule has 1 saturated heterocycles. The third-order valence-corrected chi connectivity index (χ3v) is 4.73. The Kier molecular flexibility index (Phi) is 3.53. The van der Waals surface area contributed by atoms with Crippen molar-refractivity contribution in [2.45, 2.75) is 23.7 Å². The Morgan fingerprint density at radius 3 is 2.94 bits per heavy atom. The van der Waals surface area contributed by atoms with Gasteiger partial charge in [-0.25, -0.2) is 8.42 Å². The van der Waals surface area contributed by atoms with E-state index < -0.39 is 16.1 Å². The Bertz CT molecular complexity index is 455. The van der Waals surface area contributed by atoms with Crippen LogP contribution in [0.5, 0.6) is 0 Å². The topological polar surface area (TPSA) is 80.0 Å². The van der Waals surface area contributed by atoms with Crippen LogP contribution in [0, 0.1) is 0 Å². The molecule has 0 aliphatic carbocycles. The zero-order valence-corrected chi connectivity index (χ0v) is 10.3. The van der Waals surface area contributed by atoms with Gasteiger partial charge < -0.3 is 14.3 Å². The third kappa shape index (κ3) is 2.23. The second kappa shape index (κ2) is 4.77. The van der Waals surface area contributed by atoms with E-state index in [4.69, 9.17) is 9.15 Å². The average Bonchev–Trinajstić information content (AvgIpc) is 2.98. The molecule has 1 aromatic heterocycles. The molecule has 96 valence electrons. The first-order valence-electron chi connectivity index (χ1n) is 5.28. The largest absolute Gasteiger partial charge is 0.452 e. The lowest BCUT2D eigenvalue weighted by atomic mass is 10.2. The smallest absolute Gasteiger partial charge is 0.276 e. The fourth-order valence-corrected chi connectivity index (χ4v) is 3.57. The van der Waals surface area contributed by atoms with Crippen LogP contribution in [0.4, 0.5) is 0 Å². The van der Waals surface area contributed by atoms with Crippen LogP contribution >= 0.6 is 0 Å². The number of aliphatic hydroxyl groups is 1. The lowest BCUT2D eigenvalue weighted by molar-refractivity contribution is 0.113. The van der Waals surface area contributed by atoms with Crippen molar-refractivity contribution in [3.63, 3.8) is 0 Å². The average molecular weight is 261 g/mol. The van der Waals surface area contributed by atoms with Gasteiger partial charge in [0.1, 0.15) is 0 Å². The van der Waals surface area contributed by atoms with E-state index in [1.165, 1.54) is 29.8 Å². The Balaban J connectivity index is 2.27. The maximum atomic E-state index is 12.2. The minimum atomic E-state index is -3.67. The van der Waals surface area contributed by atoms with Gasteiger partial charge in [-0.2, -0.15) is 4.31 Å². The monoisotopic (exact) mass is 261 g/mol. The number of rotatable bonds is 4. The number of aliphatic hydroxyl groups excluding tert-OH is 1. The molecule has 1 N–H and O–H groups in total. The zero-order valence-electron chi connectivity index (χ0n) is 9.44. The van der Waals surface area contributed by atoms with Crippen LogP contribution in [0.2, 0.25) is 0 Å². The summed E-state index contributed by atoms with van der Waals surface area (Å²) in [4.78, 5) is 0. The van der Waals surface area contributed by atoms with Crippen molar-refractivity contribution in [1.82, 2.24) is 4.31 Å². The summed E-state index contributed by atoms with van der Waals surface area (Å²) in [5.41, 5.74) is 0. The SMILES string of the molecule is CO[C@H]1C[C@@H](CO)N(S(=O)(=O)c2ccco2)C1. The first-order valence-corrected chi connectivity index (χ1v) is 6.72. The number of nitrogens with zero attached hydrogens (tertiary/aromatic N) is 1. The van der Waals surface area contributed by atoms with E-state index in [2.05, 4.69) is 0 Å². The van der Waals surface area contributed by atoms with Crippen molar-refractivity contribution in [1.29, 1.82) is 0 Å². The molecule has 0 amide bonds. The molecule has 7 heteroatoms. The summed E-state index contributed by atoms with van der Waals surface area (Å²) in [6, 6.07) is 2.46. The van der Waals surface area contributed by atoms with Gasteiger partial charge >= 0.3 is 0 Å². The minimum absolute atomic E-state index is 0.104. The van der Waals surface area contributed by atoms with Crippen LogP contribution in [0.25, 0.3) is 0 Å². The minimum Gasteiger partial charge on any atom is -0.452 e. The summed E-state index contributed by atoms with van der Waals surface area (Å²) < 4.78 is 35.7. The molecule has 1 fully saturated rings. The zero-order chi connectivity index (χ0) is 12.5. The van der Waals surface area contributed by atoms with Crippen LogP contribution in [0.15, 0.2) is 27.9 Å². The van der Waals surface area contributed by atoms with Gasteiger partial charge in [0, 0.05) is 13.7 Å². The normalized spacial score (nSPS) is 26.5. The van der Waals surface area contributed by atoms with E-state index in [0.717, 1.165) is 0 Å². The summed E-state index contributed by atoms with van der Waals surface area (Å²) in [6.07, 6.45) is 1.62. The number of hydrogen-bond donors (Lipinski definition) is 1. The molecule has 17 heavy (non-hydrogen) atoms. The summed E-state index contributed by atoms with van der Waals surface area (Å²) in [6.45, 7) is 0.0184. The molecule has 2 rings (SSSR count). The maximum absolute atomic E-state index is 12.2. The van der Waals surface area contributed by atoms with Gasteiger partial charge in [0.25, 0.3) is 10.0 Å². The van der Waals surface area contributed by atoms with Gasteiger partial charge in [-0.05, 0) is 18.6 Å². The van der Waals surface area contributed by atoms with E-state index in [-0.39, 0.29) is 24.3 Å². The number of ether oxygens (including phenoxy) is 1. The summed E-state index contributed by atoms with van der Waals surface area (Å²) >= 11 is 0. The highest BCUT2D eigenvalue weighted by Crippen LogP contribution is 2.27. The predicted octanol–water partition coefficient (Wildman–Crippen LogP) is 0.0499. The predicted molar refractivity (Wildman–Crippen MR) is 58.9 cm³/mol. The molecule has 1 aliphatic rings. The van der Waals surface area contributed by atoms with Crippen LogP contribution in [-0.2, 0) is 14.8 Å². The second-order valence-electron chi connectivity index (χ2n) is 3.94. The van der Waals surface area contributed by atoms with Crippen molar-refractivity contribution in [2.75, 3.05) is 20.3 Å². The first-order chi connectivity index (χ1) is 8.09. The highest BCUT2D eigenvalue weighted by molar-refractivity contribution is 7.89. The number of hydrogen-bond acceptors (Lipinski definition) is 5. The lowest BCUT2D eigenvalue weighted by Crippen LogP contribution is -2.37. The number of furan rings is 1. The Hall–Kier alpha value is -0.890. The van der Waals surface area contributed by atoms with Crippen LogP contribution in [0.3, 0.4) is 0 Å².